The second kappa shape index (κ2) is 12.5. The standard InChI is InChI=1S/C24H32N2O4/c1-4-6-16-25-24(28)22(5-2)26(17-19-12-14-20(29-3)15-13-19)23(27)18-30-21-10-8-7-9-11-21/h7-15,22H,4-6,16-18H2,1-3H3,(H,25,28). The summed E-state index contributed by atoms with van der Waals surface area (Å²) in [6, 6.07) is 16.1. The van der Waals surface area contributed by atoms with Gasteiger partial charge in [-0.1, -0.05) is 50.6 Å². The molecule has 0 saturated carbocycles. The van der Waals surface area contributed by atoms with Crippen LogP contribution in [0.25, 0.3) is 0 Å². The summed E-state index contributed by atoms with van der Waals surface area (Å²) in [6.07, 6.45) is 2.42. The molecule has 2 aromatic carbocycles. The Balaban J connectivity index is 2.15. The Bertz CT molecular complexity index is 778. The number of unbranched alkanes of at least 4 members (excludes halogenated alkanes) is 1. The van der Waals surface area contributed by atoms with Gasteiger partial charge in [-0.15, -0.1) is 0 Å². The fourth-order valence-corrected chi connectivity index (χ4v) is 3.10. The number of nitrogens with zero attached hydrogens (tertiary/aromatic N) is 1. The van der Waals surface area contributed by atoms with Crippen molar-refractivity contribution in [1.29, 1.82) is 0 Å². The van der Waals surface area contributed by atoms with Crippen molar-refractivity contribution in [2.24, 2.45) is 0 Å². The lowest BCUT2D eigenvalue weighted by molar-refractivity contribution is -0.143. The normalized spacial score (nSPS) is 11.4. The zero-order chi connectivity index (χ0) is 21.8. The lowest BCUT2D eigenvalue weighted by Gasteiger charge is -2.30. The second-order valence-electron chi connectivity index (χ2n) is 7.04. The first-order valence-electron chi connectivity index (χ1n) is 10.5. The Morgan fingerprint density at radius 1 is 1.00 bits per heavy atom. The third-order valence-corrected chi connectivity index (χ3v) is 4.83. The fraction of sp³-hybridized carbons (Fsp3) is 0.417. The van der Waals surface area contributed by atoms with Crippen LogP contribution in [0.15, 0.2) is 54.6 Å². The first-order chi connectivity index (χ1) is 14.6. The van der Waals surface area contributed by atoms with E-state index in [1.54, 1.807) is 24.1 Å². The topological polar surface area (TPSA) is 67.9 Å². The molecule has 6 heteroatoms. The van der Waals surface area contributed by atoms with Gasteiger partial charge in [0.15, 0.2) is 6.61 Å². The fourth-order valence-electron chi connectivity index (χ4n) is 3.10. The average molecular weight is 413 g/mol. The minimum absolute atomic E-state index is 0.126. The average Bonchev–Trinajstić information content (AvgIpc) is 2.78. The van der Waals surface area contributed by atoms with Crippen LogP contribution in [0.4, 0.5) is 0 Å². The first-order valence-corrected chi connectivity index (χ1v) is 10.5. The highest BCUT2D eigenvalue weighted by Gasteiger charge is 2.28. The van der Waals surface area contributed by atoms with Gasteiger partial charge in [0.05, 0.1) is 7.11 Å². The zero-order valence-electron chi connectivity index (χ0n) is 18.1. The molecule has 6 nitrogen and oxygen atoms in total. The summed E-state index contributed by atoms with van der Waals surface area (Å²) < 4.78 is 10.9. The van der Waals surface area contributed by atoms with Crippen LogP contribution in [-0.2, 0) is 16.1 Å². The van der Waals surface area contributed by atoms with E-state index in [-0.39, 0.29) is 18.4 Å². The van der Waals surface area contributed by atoms with E-state index in [2.05, 4.69) is 12.2 Å². The third kappa shape index (κ3) is 7.10. The van der Waals surface area contributed by atoms with Gasteiger partial charge in [-0.25, -0.2) is 0 Å². The van der Waals surface area contributed by atoms with Crippen LogP contribution < -0.4 is 14.8 Å². The van der Waals surface area contributed by atoms with Crippen LogP contribution in [0.1, 0.15) is 38.7 Å². The van der Waals surface area contributed by atoms with Crippen molar-refractivity contribution >= 4 is 11.8 Å². The molecule has 30 heavy (non-hydrogen) atoms. The Kier molecular flexibility index (Phi) is 9.71. The van der Waals surface area contributed by atoms with Crippen LogP contribution >= 0.6 is 0 Å². The highest BCUT2D eigenvalue weighted by Crippen LogP contribution is 2.17. The van der Waals surface area contributed by atoms with E-state index in [0.717, 1.165) is 24.2 Å². The summed E-state index contributed by atoms with van der Waals surface area (Å²) in [7, 11) is 1.61. The Labute approximate surface area is 179 Å². The van der Waals surface area contributed by atoms with Crippen LogP contribution in [0.3, 0.4) is 0 Å². The molecule has 0 aliphatic carbocycles. The van der Waals surface area contributed by atoms with E-state index in [1.165, 1.54) is 0 Å². The van der Waals surface area contributed by atoms with E-state index >= 15 is 0 Å². The number of hydrogen-bond acceptors (Lipinski definition) is 4. The molecule has 1 N–H and O–H groups in total. The maximum absolute atomic E-state index is 13.1. The number of nitrogens with one attached hydrogen (secondary N) is 1. The molecule has 162 valence electrons. The molecule has 0 saturated heterocycles. The molecular weight excluding hydrogens is 380 g/mol. The summed E-state index contributed by atoms with van der Waals surface area (Å²) >= 11 is 0. The molecule has 0 fully saturated rings. The minimum Gasteiger partial charge on any atom is -0.497 e. The number of rotatable bonds is 12. The molecule has 0 bridgehead atoms. The highest BCUT2D eigenvalue weighted by atomic mass is 16.5. The van der Waals surface area contributed by atoms with E-state index < -0.39 is 6.04 Å². The van der Waals surface area contributed by atoms with Crippen molar-refractivity contribution < 1.29 is 19.1 Å². The van der Waals surface area contributed by atoms with E-state index in [9.17, 15) is 9.59 Å². The van der Waals surface area contributed by atoms with Crippen LogP contribution in [0.2, 0.25) is 0 Å². The van der Waals surface area contributed by atoms with Gasteiger partial charge in [0, 0.05) is 13.1 Å². The second-order valence-corrected chi connectivity index (χ2v) is 7.04. The number of para-hydroxylation sites is 1. The predicted octanol–water partition coefficient (Wildman–Crippen LogP) is 3.80. The van der Waals surface area contributed by atoms with E-state index in [1.807, 2.05) is 49.4 Å². The van der Waals surface area contributed by atoms with Gasteiger partial charge in [-0.2, -0.15) is 0 Å². The SMILES string of the molecule is CCCCNC(=O)C(CC)N(Cc1ccc(OC)cc1)C(=O)COc1ccccc1. The van der Waals surface area contributed by atoms with Gasteiger partial charge < -0.3 is 19.7 Å². The van der Waals surface area contributed by atoms with Crippen molar-refractivity contribution in [3.05, 3.63) is 60.2 Å². The van der Waals surface area contributed by atoms with Gasteiger partial charge >= 0.3 is 0 Å². The van der Waals surface area contributed by atoms with Crippen LogP contribution in [-0.4, -0.2) is 43.0 Å². The van der Waals surface area contributed by atoms with Crippen molar-refractivity contribution in [1.82, 2.24) is 10.2 Å². The summed E-state index contributed by atoms with van der Waals surface area (Å²) in [6.45, 7) is 4.79. The number of methoxy groups -OCH3 is 1. The number of amides is 2. The van der Waals surface area contributed by atoms with Crippen molar-refractivity contribution in [3.8, 4) is 11.5 Å². The molecule has 0 spiro atoms. The molecule has 0 heterocycles. The maximum Gasteiger partial charge on any atom is 0.261 e. The molecule has 0 aliphatic rings. The molecule has 0 radical (unpaired) electrons. The third-order valence-electron chi connectivity index (χ3n) is 4.83. The largest absolute Gasteiger partial charge is 0.497 e. The van der Waals surface area contributed by atoms with Crippen molar-refractivity contribution in [3.63, 3.8) is 0 Å². The number of carbonyl (C=O) groups is 2. The Morgan fingerprint density at radius 2 is 1.70 bits per heavy atom. The molecule has 0 aliphatic heterocycles. The zero-order valence-corrected chi connectivity index (χ0v) is 18.1. The molecule has 1 unspecified atom stereocenters. The Hall–Kier alpha value is -3.02. The molecule has 1 atom stereocenters. The first kappa shape index (κ1) is 23.3. The smallest absolute Gasteiger partial charge is 0.261 e. The van der Waals surface area contributed by atoms with Gasteiger partial charge in [0.25, 0.3) is 5.91 Å². The summed E-state index contributed by atoms with van der Waals surface area (Å²) in [5.74, 6) is 1.00. The number of ether oxygens (including phenoxy) is 2. The number of benzene rings is 2. The van der Waals surface area contributed by atoms with Crippen molar-refractivity contribution in [2.45, 2.75) is 45.7 Å². The lowest BCUT2D eigenvalue weighted by atomic mass is 10.1. The highest BCUT2D eigenvalue weighted by molar-refractivity contribution is 5.88. The monoisotopic (exact) mass is 412 g/mol. The van der Waals surface area contributed by atoms with Crippen LogP contribution in [0, 0.1) is 0 Å². The quantitative estimate of drug-likeness (QED) is 0.539. The molecular formula is C24H32N2O4. The van der Waals surface area contributed by atoms with Crippen molar-refractivity contribution in [2.75, 3.05) is 20.3 Å². The van der Waals surface area contributed by atoms with E-state index in [4.69, 9.17) is 9.47 Å². The molecule has 2 aromatic rings. The van der Waals surface area contributed by atoms with Gasteiger partial charge in [-0.3, -0.25) is 9.59 Å². The molecule has 2 rings (SSSR count). The summed E-state index contributed by atoms with van der Waals surface area (Å²) in [4.78, 5) is 27.5. The maximum atomic E-state index is 13.1. The van der Waals surface area contributed by atoms with E-state index in [0.29, 0.717) is 25.3 Å². The van der Waals surface area contributed by atoms with Gasteiger partial charge in [0.1, 0.15) is 17.5 Å². The predicted molar refractivity (Wildman–Crippen MR) is 117 cm³/mol. The Morgan fingerprint density at radius 3 is 2.30 bits per heavy atom. The number of carbonyl (C=O) groups excluding carboxylic acids is 2. The lowest BCUT2D eigenvalue weighted by Crippen LogP contribution is -2.50. The minimum atomic E-state index is -0.559. The summed E-state index contributed by atoms with van der Waals surface area (Å²) in [5, 5.41) is 2.95. The molecule has 2 amide bonds. The number of hydrogen-bond donors (Lipinski definition) is 1. The summed E-state index contributed by atoms with van der Waals surface area (Å²) in [5.41, 5.74) is 0.920. The van der Waals surface area contributed by atoms with Gasteiger partial charge in [0.2, 0.25) is 5.91 Å². The molecule has 0 aromatic heterocycles. The van der Waals surface area contributed by atoms with Crippen LogP contribution in [0.5, 0.6) is 11.5 Å². The van der Waals surface area contributed by atoms with Gasteiger partial charge in [-0.05, 0) is 42.7 Å².